The number of nitrogens with zero attached hydrogens (tertiary/aromatic N) is 1. The van der Waals surface area contributed by atoms with E-state index >= 15 is 0 Å². The van der Waals surface area contributed by atoms with Crippen molar-refractivity contribution in [2.24, 2.45) is 11.7 Å². The first-order chi connectivity index (χ1) is 8.19. The van der Waals surface area contributed by atoms with E-state index in [1.54, 1.807) is 6.08 Å². The number of carbonyl (C=O) groups is 1. The van der Waals surface area contributed by atoms with Gasteiger partial charge in [0.1, 0.15) is 0 Å². The Hall–Kier alpha value is -0.830. The van der Waals surface area contributed by atoms with E-state index in [1.807, 2.05) is 4.90 Å². The van der Waals surface area contributed by atoms with Crippen molar-refractivity contribution in [3.8, 4) is 0 Å². The number of carbonyl (C=O) groups excluding carboxylic acids is 1. The fourth-order valence-corrected chi connectivity index (χ4v) is 2.02. The molecule has 0 aliphatic heterocycles. The van der Waals surface area contributed by atoms with Gasteiger partial charge in [0.15, 0.2) is 0 Å². The molecule has 0 fully saturated rings. The molecule has 0 saturated heterocycles. The quantitative estimate of drug-likeness (QED) is 0.597. The highest BCUT2D eigenvalue weighted by Gasteiger charge is 2.13. The second-order valence-electron chi connectivity index (χ2n) is 4.52. The first kappa shape index (κ1) is 16.2. The van der Waals surface area contributed by atoms with Crippen molar-refractivity contribution in [3.05, 3.63) is 12.7 Å². The van der Waals surface area contributed by atoms with Gasteiger partial charge >= 0.3 is 0 Å². The smallest absolute Gasteiger partial charge is 0.222 e. The predicted octanol–water partition coefficient (Wildman–Crippen LogP) is 2.57. The number of rotatable bonds is 10. The SMILES string of the molecule is C=CCN(CCC)C(=O)CCC(CC)CCN. The van der Waals surface area contributed by atoms with Crippen molar-refractivity contribution < 1.29 is 4.79 Å². The van der Waals surface area contributed by atoms with Crippen LogP contribution in [0.2, 0.25) is 0 Å². The zero-order valence-electron chi connectivity index (χ0n) is 11.5. The number of amides is 1. The van der Waals surface area contributed by atoms with E-state index in [1.165, 1.54) is 0 Å². The van der Waals surface area contributed by atoms with Gasteiger partial charge in [-0.1, -0.05) is 26.3 Å². The molecule has 3 nitrogen and oxygen atoms in total. The van der Waals surface area contributed by atoms with Crippen LogP contribution in [0.3, 0.4) is 0 Å². The molecule has 0 bridgehead atoms. The molecule has 0 saturated carbocycles. The Labute approximate surface area is 106 Å². The van der Waals surface area contributed by atoms with Crippen molar-refractivity contribution in [1.82, 2.24) is 4.90 Å². The Morgan fingerprint density at radius 1 is 1.41 bits per heavy atom. The van der Waals surface area contributed by atoms with Crippen LogP contribution in [0, 0.1) is 5.92 Å². The molecule has 0 rings (SSSR count). The highest BCUT2D eigenvalue weighted by atomic mass is 16.2. The fourth-order valence-electron chi connectivity index (χ4n) is 2.02. The minimum absolute atomic E-state index is 0.252. The van der Waals surface area contributed by atoms with E-state index in [4.69, 9.17) is 5.73 Å². The van der Waals surface area contributed by atoms with E-state index in [2.05, 4.69) is 20.4 Å². The Morgan fingerprint density at radius 2 is 2.12 bits per heavy atom. The van der Waals surface area contributed by atoms with Crippen LogP contribution in [-0.4, -0.2) is 30.4 Å². The molecule has 0 aromatic carbocycles. The predicted molar refractivity (Wildman–Crippen MR) is 73.8 cm³/mol. The third-order valence-corrected chi connectivity index (χ3v) is 3.11. The molecule has 0 aromatic rings. The second-order valence-corrected chi connectivity index (χ2v) is 4.52. The first-order valence-electron chi connectivity index (χ1n) is 6.78. The molecule has 0 heterocycles. The van der Waals surface area contributed by atoms with Gasteiger partial charge in [-0.15, -0.1) is 6.58 Å². The van der Waals surface area contributed by atoms with Crippen LogP contribution in [0.5, 0.6) is 0 Å². The molecular weight excluding hydrogens is 212 g/mol. The summed E-state index contributed by atoms with van der Waals surface area (Å²) < 4.78 is 0. The van der Waals surface area contributed by atoms with Gasteiger partial charge in [-0.05, 0) is 31.7 Å². The Kier molecular flexibility index (Phi) is 9.83. The topological polar surface area (TPSA) is 46.3 Å². The van der Waals surface area contributed by atoms with Gasteiger partial charge in [-0.2, -0.15) is 0 Å². The van der Waals surface area contributed by atoms with Crippen LogP contribution in [0.1, 0.15) is 46.0 Å². The third kappa shape index (κ3) is 7.16. The molecule has 0 aliphatic carbocycles. The van der Waals surface area contributed by atoms with Crippen molar-refractivity contribution >= 4 is 5.91 Å². The molecule has 1 atom stereocenters. The van der Waals surface area contributed by atoms with Crippen LogP contribution in [0.15, 0.2) is 12.7 Å². The van der Waals surface area contributed by atoms with Crippen LogP contribution in [-0.2, 0) is 4.79 Å². The van der Waals surface area contributed by atoms with Crippen molar-refractivity contribution in [2.75, 3.05) is 19.6 Å². The summed E-state index contributed by atoms with van der Waals surface area (Å²) >= 11 is 0. The van der Waals surface area contributed by atoms with Crippen LogP contribution in [0.4, 0.5) is 0 Å². The fraction of sp³-hybridized carbons (Fsp3) is 0.786. The Morgan fingerprint density at radius 3 is 2.59 bits per heavy atom. The van der Waals surface area contributed by atoms with E-state index in [-0.39, 0.29) is 5.91 Å². The molecular formula is C14H28N2O. The molecule has 0 spiro atoms. The molecule has 0 aromatic heterocycles. The van der Waals surface area contributed by atoms with Gasteiger partial charge in [0.2, 0.25) is 5.91 Å². The molecule has 17 heavy (non-hydrogen) atoms. The van der Waals surface area contributed by atoms with Gasteiger partial charge in [0.05, 0.1) is 0 Å². The van der Waals surface area contributed by atoms with Crippen LogP contribution < -0.4 is 5.73 Å². The zero-order chi connectivity index (χ0) is 13.1. The number of hydrogen-bond acceptors (Lipinski definition) is 2. The summed E-state index contributed by atoms with van der Waals surface area (Å²) in [5, 5.41) is 0. The van der Waals surface area contributed by atoms with Gasteiger partial charge in [-0.25, -0.2) is 0 Å². The van der Waals surface area contributed by atoms with Crippen molar-refractivity contribution in [1.29, 1.82) is 0 Å². The molecule has 0 aliphatic rings. The normalized spacial score (nSPS) is 12.2. The minimum Gasteiger partial charge on any atom is -0.339 e. The first-order valence-corrected chi connectivity index (χ1v) is 6.78. The largest absolute Gasteiger partial charge is 0.339 e. The summed E-state index contributed by atoms with van der Waals surface area (Å²) in [6, 6.07) is 0. The minimum atomic E-state index is 0.252. The number of nitrogens with two attached hydrogens (primary N) is 1. The number of hydrogen-bond donors (Lipinski definition) is 1. The lowest BCUT2D eigenvalue weighted by Crippen LogP contribution is -2.32. The van der Waals surface area contributed by atoms with E-state index < -0.39 is 0 Å². The van der Waals surface area contributed by atoms with Crippen molar-refractivity contribution in [2.45, 2.75) is 46.0 Å². The Bertz CT molecular complexity index is 216. The van der Waals surface area contributed by atoms with Crippen molar-refractivity contribution in [3.63, 3.8) is 0 Å². The van der Waals surface area contributed by atoms with Gasteiger partial charge in [0.25, 0.3) is 0 Å². The summed E-state index contributed by atoms with van der Waals surface area (Å²) in [5.74, 6) is 0.846. The molecule has 100 valence electrons. The van der Waals surface area contributed by atoms with E-state index in [0.717, 1.165) is 38.8 Å². The van der Waals surface area contributed by atoms with Gasteiger partial charge in [0, 0.05) is 19.5 Å². The zero-order valence-corrected chi connectivity index (χ0v) is 11.5. The second kappa shape index (κ2) is 10.3. The molecule has 0 radical (unpaired) electrons. The lowest BCUT2D eigenvalue weighted by molar-refractivity contribution is -0.131. The molecule has 2 N–H and O–H groups in total. The highest BCUT2D eigenvalue weighted by molar-refractivity contribution is 5.76. The molecule has 1 amide bonds. The summed E-state index contributed by atoms with van der Waals surface area (Å²) in [7, 11) is 0. The van der Waals surface area contributed by atoms with Gasteiger partial charge in [-0.3, -0.25) is 4.79 Å². The van der Waals surface area contributed by atoms with Crippen LogP contribution >= 0.6 is 0 Å². The van der Waals surface area contributed by atoms with E-state index in [9.17, 15) is 4.79 Å². The maximum absolute atomic E-state index is 12.0. The maximum atomic E-state index is 12.0. The van der Waals surface area contributed by atoms with Crippen LogP contribution in [0.25, 0.3) is 0 Å². The monoisotopic (exact) mass is 240 g/mol. The lowest BCUT2D eigenvalue weighted by atomic mass is 9.96. The average molecular weight is 240 g/mol. The summed E-state index contributed by atoms with van der Waals surface area (Å²) in [6.45, 7) is 10.2. The summed E-state index contributed by atoms with van der Waals surface area (Å²) in [6.07, 6.45) is 6.54. The third-order valence-electron chi connectivity index (χ3n) is 3.11. The molecule has 1 unspecified atom stereocenters. The maximum Gasteiger partial charge on any atom is 0.222 e. The summed E-state index contributed by atoms with van der Waals surface area (Å²) in [4.78, 5) is 13.9. The molecule has 3 heteroatoms. The average Bonchev–Trinajstić information content (AvgIpc) is 2.33. The van der Waals surface area contributed by atoms with Gasteiger partial charge < -0.3 is 10.6 Å². The van der Waals surface area contributed by atoms with E-state index in [0.29, 0.717) is 18.9 Å². The standard InChI is InChI=1S/C14H28N2O/c1-4-11-16(12-5-2)14(17)8-7-13(6-3)9-10-15/h4,13H,1,5-12,15H2,2-3H3. The highest BCUT2D eigenvalue weighted by Crippen LogP contribution is 2.15. The lowest BCUT2D eigenvalue weighted by Gasteiger charge is -2.21. The Balaban J connectivity index is 4.06. The summed E-state index contributed by atoms with van der Waals surface area (Å²) in [5.41, 5.74) is 5.56.